The van der Waals surface area contributed by atoms with Gasteiger partial charge in [-0.15, -0.1) is 0 Å². The van der Waals surface area contributed by atoms with Crippen molar-refractivity contribution in [1.82, 2.24) is 4.90 Å². The van der Waals surface area contributed by atoms with Crippen molar-refractivity contribution in [3.05, 3.63) is 0 Å². The Morgan fingerprint density at radius 3 is 2.60 bits per heavy atom. The molecule has 6 nitrogen and oxygen atoms in total. The molecule has 0 aromatic carbocycles. The summed E-state index contributed by atoms with van der Waals surface area (Å²) in [7, 11) is 0. The first-order chi connectivity index (χ1) is 9.23. The maximum atomic E-state index is 11.9. The van der Waals surface area contributed by atoms with E-state index in [9.17, 15) is 9.59 Å². The zero-order valence-electron chi connectivity index (χ0n) is 12.8. The third-order valence-corrected chi connectivity index (χ3v) is 3.19. The highest BCUT2D eigenvalue weighted by atomic mass is 16.6. The van der Waals surface area contributed by atoms with Crippen LogP contribution in [0.5, 0.6) is 0 Å². The number of esters is 1. The number of carbonyl (C=O) groups excluding carboxylic acids is 2. The molecule has 1 rings (SSSR count). The second kappa shape index (κ2) is 6.92. The quantitative estimate of drug-likeness (QED) is 0.792. The van der Waals surface area contributed by atoms with E-state index in [4.69, 9.17) is 15.2 Å². The number of nitrogens with zero attached hydrogens (tertiary/aromatic N) is 1. The molecule has 0 aliphatic carbocycles. The minimum Gasteiger partial charge on any atom is -0.466 e. The Morgan fingerprint density at radius 1 is 1.40 bits per heavy atom. The Hall–Kier alpha value is -1.30. The van der Waals surface area contributed by atoms with E-state index in [0.29, 0.717) is 19.7 Å². The molecule has 6 heteroatoms. The number of amides is 1. The second-order valence-electron chi connectivity index (χ2n) is 6.15. The van der Waals surface area contributed by atoms with Gasteiger partial charge in [0.1, 0.15) is 5.60 Å². The zero-order chi connectivity index (χ0) is 15.3. The lowest BCUT2D eigenvalue weighted by Gasteiger charge is -2.25. The van der Waals surface area contributed by atoms with Crippen LogP contribution < -0.4 is 5.73 Å². The van der Waals surface area contributed by atoms with Crippen LogP contribution in [0.4, 0.5) is 4.79 Å². The van der Waals surface area contributed by atoms with Crippen LogP contribution in [0, 0.1) is 5.92 Å². The minimum atomic E-state index is -0.498. The molecule has 0 aromatic rings. The molecule has 0 aromatic heterocycles. The zero-order valence-corrected chi connectivity index (χ0v) is 12.8. The molecule has 0 spiro atoms. The summed E-state index contributed by atoms with van der Waals surface area (Å²) in [5, 5.41) is 0. The molecule has 1 aliphatic rings. The third-order valence-electron chi connectivity index (χ3n) is 3.19. The number of hydrogen-bond acceptors (Lipinski definition) is 5. The number of rotatable bonds is 4. The van der Waals surface area contributed by atoms with Gasteiger partial charge in [0.2, 0.25) is 0 Å². The molecule has 1 fully saturated rings. The molecule has 0 unspecified atom stereocenters. The van der Waals surface area contributed by atoms with Crippen molar-refractivity contribution in [2.24, 2.45) is 11.7 Å². The molecule has 1 aliphatic heterocycles. The van der Waals surface area contributed by atoms with Crippen LogP contribution in [0.3, 0.4) is 0 Å². The van der Waals surface area contributed by atoms with Gasteiger partial charge in [-0.2, -0.15) is 0 Å². The van der Waals surface area contributed by atoms with Gasteiger partial charge in [-0.25, -0.2) is 4.79 Å². The van der Waals surface area contributed by atoms with Gasteiger partial charge in [-0.1, -0.05) is 0 Å². The maximum Gasteiger partial charge on any atom is 0.410 e. The Kier molecular flexibility index (Phi) is 5.80. The molecule has 0 radical (unpaired) electrons. The molecular formula is C14H26N2O4. The van der Waals surface area contributed by atoms with Crippen molar-refractivity contribution >= 4 is 12.1 Å². The van der Waals surface area contributed by atoms with Crippen LogP contribution in [0.15, 0.2) is 0 Å². The van der Waals surface area contributed by atoms with Gasteiger partial charge in [-0.3, -0.25) is 4.79 Å². The fourth-order valence-electron chi connectivity index (χ4n) is 2.21. The number of likely N-dealkylation sites (tertiary alicyclic amines) is 1. The van der Waals surface area contributed by atoms with E-state index < -0.39 is 5.60 Å². The van der Waals surface area contributed by atoms with Gasteiger partial charge in [0.25, 0.3) is 0 Å². The summed E-state index contributed by atoms with van der Waals surface area (Å²) in [4.78, 5) is 25.0. The van der Waals surface area contributed by atoms with Gasteiger partial charge in [0.15, 0.2) is 0 Å². The van der Waals surface area contributed by atoms with Crippen LogP contribution in [0.25, 0.3) is 0 Å². The van der Waals surface area contributed by atoms with Crippen LogP contribution in [-0.4, -0.2) is 48.3 Å². The van der Waals surface area contributed by atoms with Gasteiger partial charge in [-0.05, 0) is 40.0 Å². The minimum absolute atomic E-state index is 0.118. The average Bonchev–Trinajstić information content (AvgIpc) is 2.75. The second-order valence-corrected chi connectivity index (χ2v) is 6.15. The smallest absolute Gasteiger partial charge is 0.410 e. The predicted octanol–water partition coefficient (Wildman–Crippen LogP) is 1.52. The van der Waals surface area contributed by atoms with Gasteiger partial charge in [0.05, 0.1) is 13.0 Å². The number of carbonyl (C=O) groups is 2. The van der Waals surface area contributed by atoms with Crippen LogP contribution in [-0.2, 0) is 14.3 Å². The fourth-order valence-corrected chi connectivity index (χ4v) is 2.21. The SMILES string of the molecule is CCOC(=O)C[C@H](N)[C@@H]1CCN(C(=O)OC(C)(C)C)C1. The lowest BCUT2D eigenvalue weighted by Crippen LogP contribution is -2.38. The average molecular weight is 286 g/mol. The van der Waals surface area contributed by atoms with Gasteiger partial charge >= 0.3 is 12.1 Å². The van der Waals surface area contributed by atoms with Crippen molar-refractivity contribution in [2.45, 2.75) is 52.2 Å². The Balaban J connectivity index is 2.42. The van der Waals surface area contributed by atoms with E-state index in [2.05, 4.69) is 0 Å². The van der Waals surface area contributed by atoms with Crippen LogP contribution in [0.2, 0.25) is 0 Å². The van der Waals surface area contributed by atoms with Crippen LogP contribution >= 0.6 is 0 Å². The Labute approximate surface area is 120 Å². The standard InChI is InChI=1S/C14H26N2O4/c1-5-19-12(17)8-11(15)10-6-7-16(9-10)13(18)20-14(2,3)4/h10-11H,5-9,15H2,1-4H3/t10-,11+/m1/s1. The van der Waals surface area contributed by atoms with E-state index in [1.807, 2.05) is 20.8 Å². The van der Waals surface area contributed by atoms with Gasteiger partial charge < -0.3 is 20.1 Å². The normalized spacial score (nSPS) is 20.6. The molecule has 2 atom stereocenters. The summed E-state index contributed by atoms with van der Waals surface area (Å²) in [5.74, 6) is -0.164. The summed E-state index contributed by atoms with van der Waals surface area (Å²) in [5.41, 5.74) is 5.52. The topological polar surface area (TPSA) is 81.9 Å². The van der Waals surface area contributed by atoms with Crippen molar-refractivity contribution in [3.63, 3.8) is 0 Å². The van der Waals surface area contributed by atoms with Crippen molar-refractivity contribution in [1.29, 1.82) is 0 Å². The molecule has 116 valence electrons. The molecular weight excluding hydrogens is 260 g/mol. The summed E-state index contributed by atoms with van der Waals surface area (Å²) >= 11 is 0. The van der Waals surface area contributed by atoms with E-state index in [1.165, 1.54) is 0 Å². The molecule has 0 saturated carbocycles. The van der Waals surface area contributed by atoms with E-state index >= 15 is 0 Å². The summed E-state index contributed by atoms with van der Waals surface area (Å²) < 4.78 is 10.2. The van der Waals surface area contributed by atoms with Crippen molar-refractivity contribution < 1.29 is 19.1 Å². The molecule has 1 heterocycles. The van der Waals surface area contributed by atoms with E-state index in [1.54, 1.807) is 11.8 Å². The summed E-state index contributed by atoms with van der Waals surface area (Å²) in [6.45, 7) is 8.80. The third kappa shape index (κ3) is 5.36. The molecule has 2 N–H and O–H groups in total. The monoisotopic (exact) mass is 286 g/mol. The predicted molar refractivity (Wildman–Crippen MR) is 75.1 cm³/mol. The highest BCUT2D eigenvalue weighted by Gasteiger charge is 2.33. The number of ether oxygens (including phenoxy) is 2. The van der Waals surface area contributed by atoms with Crippen LogP contribution in [0.1, 0.15) is 40.5 Å². The van der Waals surface area contributed by atoms with E-state index in [-0.39, 0.29) is 30.4 Å². The van der Waals surface area contributed by atoms with Crippen molar-refractivity contribution in [3.8, 4) is 0 Å². The summed E-state index contributed by atoms with van der Waals surface area (Å²) in [6, 6.07) is -0.276. The number of hydrogen-bond donors (Lipinski definition) is 1. The molecule has 0 bridgehead atoms. The summed E-state index contributed by atoms with van der Waals surface area (Å²) in [6.07, 6.45) is 0.670. The number of nitrogens with two attached hydrogens (primary N) is 1. The Bertz CT molecular complexity index is 352. The van der Waals surface area contributed by atoms with E-state index in [0.717, 1.165) is 6.42 Å². The first-order valence-corrected chi connectivity index (χ1v) is 7.12. The maximum absolute atomic E-state index is 11.9. The lowest BCUT2D eigenvalue weighted by atomic mass is 9.97. The van der Waals surface area contributed by atoms with Gasteiger partial charge in [0, 0.05) is 19.1 Å². The fraction of sp³-hybridized carbons (Fsp3) is 0.857. The molecule has 20 heavy (non-hydrogen) atoms. The molecule has 1 amide bonds. The Morgan fingerprint density at radius 2 is 2.05 bits per heavy atom. The highest BCUT2D eigenvalue weighted by Crippen LogP contribution is 2.22. The van der Waals surface area contributed by atoms with Crippen molar-refractivity contribution in [2.75, 3.05) is 19.7 Å². The lowest BCUT2D eigenvalue weighted by molar-refractivity contribution is -0.143. The highest BCUT2D eigenvalue weighted by molar-refractivity contribution is 5.70. The molecule has 1 saturated heterocycles. The first-order valence-electron chi connectivity index (χ1n) is 7.12. The first kappa shape index (κ1) is 16.8. The largest absolute Gasteiger partial charge is 0.466 e.